The fraction of sp³-hybridized carbons (Fsp3) is 0.333. The maximum Gasteiger partial charge on any atom is 0.301 e. The van der Waals surface area contributed by atoms with Crippen molar-refractivity contribution in [1.82, 2.24) is 9.62 Å². The number of halogens is 3. The van der Waals surface area contributed by atoms with Crippen LogP contribution in [0.4, 0.5) is 25.8 Å². The molecule has 6 nitrogen and oxygen atoms in total. The van der Waals surface area contributed by atoms with Crippen molar-refractivity contribution in [1.29, 1.82) is 0 Å². The molecule has 0 unspecified atom stereocenters. The van der Waals surface area contributed by atoms with Gasteiger partial charge < -0.3 is 10.6 Å². The number of nitrogens with zero attached hydrogens (tertiary/aromatic N) is 1. The first-order valence-corrected chi connectivity index (χ1v) is 11.3. The zero-order valence-electron chi connectivity index (χ0n) is 15.2. The van der Waals surface area contributed by atoms with Crippen LogP contribution < -0.4 is 15.4 Å². The van der Waals surface area contributed by atoms with E-state index in [4.69, 9.17) is 0 Å². The molecule has 3 N–H and O–H groups in total. The summed E-state index contributed by atoms with van der Waals surface area (Å²) < 4.78 is 58.0. The van der Waals surface area contributed by atoms with Gasteiger partial charge in [-0.15, -0.1) is 0 Å². The number of hydrogen-bond acceptors (Lipinski definition) is 4. The molecule has 0 atom stereocenters. The Labute approximate surface area is 177 Å². The molecule has 1 aliphatic heterocycles. The molecule has 0 saturated carbocycles. The molecule has 3 rings (SSSR count). The Morgan fingerprint density at radius 3 is 2.36 bits per heavy atom. The highest BCUT2D eigenvalue weighted by Gasteiger charge is 2.28. The molecular weight excluding hydrogens is 501 g/mol. The molecule has 1 heterocycles. The second-order valence-electron chi connectivity index (χ2n) is 6.51. The van der Waals surface area contributed by atoms with E-state index in [2.05, 4.69) is 15.4 Å². The monoisotopic (exact) mass is 522 g/mol. The van der Waals surface area contributed by atoms with Crippen LogP contribution >= 0.6 is 22.6 Å². The van der Waals surface area contributed by atoms with E-state index in [0.717, 1.165) is 12.1 Å². The summed E-state index contributed by atoms with van der Waals surface area (Å²) in [5.74, 6) is -1.08. The number of rotatable bonds is 6. The highest BCUT2D eigenvalue weighted by Crippen LogP contribution is 2.30. The van der Waals surface area contributed by atoms with E-state index >= 15 is 0 Å². The summed E-state index contributed by atoms with van der Waals surface area (Å²) in [6, 6.07) is 8.43. The molecular formula is C18H21F2IN4O2S. The molecule has 0 amide bonds. The number of nitrogens with one attached hydrogen (secondary N) is 3. The molecule has 1 saturated heterocycles. The number of hydrogen-bond donors (Lipinski definition) is 3. The van der Waals surface area contributed by atoms with Gasteiger partial charge in [-0.3, -0.25) is 4.72 Å². The van der Waals surface area contributed by atoms with E-state index in [1.165, 1.54) is 22.5 Å². The van der Waals surface area contributed by atoms with Crippen LogP contribution in [-0.4, -0.2) is 38.9 Å². The Morgan fingerprint density at radius 1 is 1.04 bits per heavy atom. The predicted molar refractivity (Wildman–Crippen MR) is 115 cm³/mol. The van der Waals surface area contributed by atoms with E-state index in [0.29, 0.717) is 35.5 Å². The molecule has 28 heavy (non-hydrogen) atoms. The summed E-state index contributed by atoms with van der Waals surface area (Å²) in [5.41, 5.74) is 0.408. The van der Waals surface area contributed by atoms with Crippen LogP contribution in [0.5, 0.6) is 0 Å². The molecule has 2 aromatic rings. The molecule has 0 spiro atoms. The van der Waals surface area contributed by atoms with Crippen LogP contribution in [0.15, 0.2) is 36.4 Å². The van der Waals surface area contributed by atoms with Crippen molar-refractivity contribution in [2.75, 3.05) is 30.2 Å². The lowest BCUT2D eigenvalue weighted by molar-refractivity contribution is 0.300. The Balaban J connectivity index is 1.82. The van der Waals surface area contributed by atoms with Crippen LogP contribution in [0.2, 0.25) is 0 Å². The summed E-state index contributed by atoms with van der Waals surface area (Å²) in [4.78, 5) is 0. The van der Waals surface area contributed by atoms with Gasteiger partial charge in [-0.25, -0.2) is 8.78 Å². The van der Waals surface area contributed by atoms with Gasteiger partial charge in [0.05, 0.1) is 17.1 Å². The van der Waals surface area contributed by atoms with Crippen molar-refractivity contribution in [3.8, 4) is 0 Å². The van der Waals surface area contributed by atoms with Crippen LogP contribution in [0.3, 0.4) is 0 Å². The average Bonchev–Trinajstić information content (AvgIpc) is 2.66. The molecule has 0 bridgehead atoms. The van der Waals surface area contributed by atoms with Crippen molar-refractivity contribution in [3.05, 3.63) is 51.6 Å². The summed E-state index contributed by atoms with van der Waals surface area (Å²) in [6.07, 6.45) is 1.42. The van der Waals surface area contributed by atoms with Crippen molar-refractivity contribution in [2.24, 2.45) is 0 Å². The van der Waals surface area contributed by atoms with Crippen LogP contribution in [-0.2, 0) is 10.2 Å². The standard InChI is InChI=1S/C18H21F2IN4O2S/c1-22-14-6-8-25(9-7-14)28(26,27)24-17-4-2-12(19)10-18(17)23-16-5-3-13(21)11-15(16)20/h2-5,10-11,14,22-24H,6-9H2,1H3. The summed E-state index contributed by atoms with van der Waals surface area (Å²) >= 11 is 1.98. The Bertz CT molecular complexity index is 951. The fourth-order valence-electron chi connectivity index (χ4n) is 3.03. The first kappa shape index (κ1) is 21.2. The number of piperidine rings is 1. The van der Waals surface area contributed by atoms with Crippen molar-refractivity contribution >= 4 is 49.9 Å². The zero-order valence-corrected chi connectivity index (χ0v) is 18.1. The predicted octanol–water partition coefficient (Wildman–Crippen LogP) is 3.65. The normalized spacial score (nSPS) is 16.1. The quantitative estimate of drug-likeness (QED) is 0.507. The summed E-state index contributed by atoms with van der Waals surface area (Å²) in [6.45, 7) is 0.771. The smallest absolute Gasteiger partial charge is 0.301 e. The molecule has 0 aromatic heterocycles. The van der Waals surface area contributed by atoms with E-state index in [1.807, 2.05) is 29.6 Å². The highest BCUT2D eigenvalue weighted by atomic mass is 127. The maximum absolute atomic E-state index is 14.2. The topological polar surface area (TPSA) is 73.5 Å². The third kappa shape index (κ3) is 5.10. The lowest BCUT2D eigenvalue weighted by Gasteiger charge is -2.31. The maximum atomic E-state index is 14.2. The second-order valence-corrected chi connectivity index (χ2v) is 9.42. The number of anilines is 3. The molecule has 152 valence electrons. The van der Waals surface area contributed by atoms with Crippen molar-refractivity contribution in [2.45, 2.75) is 18.9 Å². The fourth-order valence-corrected chi connectivity index (χ4v) is 4.76. The van der Waals surface area contributed by atoms with Crippen molar-refractivity contribution in [3.63, 3.8) is 0 Å². The largest absolute Gasteiger partial charge is 0.351 e. The van der Waals surface area contributed by atoms with Gasteiger partial charge in [0.1, 0.15) is 11.6 Å². The minimum atomic E-state index is -3.81. The van der Waals surface area contributed by atoms with Gasteiger partial charge in [0.15, 0.2) is 0 Å². The lowest BCUT2D eigenvalue weighted by Crippen LogP contribution is -2.45. The summed E-state index contributed by atoms with van der Waals surface area (Å²) in [7, 11) is -1.96. The van der Waals surface area contributed by atoms with E-state index in [9.17, 15) is 17.2 Å². The van der Waals surface area contributed by atoms with Crippen molar-refractivity contribution < 1.29 is 17.2 Å². The van der Waals surface area contributed by atoms with E-state index in [-0.39, 0.29) is 17.1 Å². The first-order valence-electron chi connectivity index (χ1n) is 8.75. The van der Waals surface area contributed by atoms with Gasteiger partial charge in [0, 0.05) is 22.7 Å². The Hall–Kier alpha value is -1.50. The molecule has 2 aromatic carbocycles. The van der Waals surface area contributed by atoms with Crippen LogP contribution in [0.1, 0.15) is 12.8 Å². The van der Waals surface area contributed by atoms with Gasteiger partial charge >= 0.3 is 10.2 Å². The second kappa shape index (κ2) is 8.89. The Kier molecular flexibility index (Phi) is 6.73. The van der Waals surface area contributed by atoms with Gasteiger partial charge in [-0.05, 0) is 78.9 Å². The molecule has 10 heteroatoms. The number of benzene rings is 2. The first-order chi connectivity index (χ1) is 13.3. The highest BCUT2D eigenvalue weighted by molar-refractivity contribution is 14.1. The third-order valence-electron chi connectivity index (χ3n) is 4.62. The van der Waals surface area contributed by atoms with Gasteiger partial charge in [-0.2, -0.15) is 12.7 Å². The Morgan fingerprint density at radius 2 is 1.71 bits per heavy atom. The SMILES string of the molecule is CNC1CCN(S(=O)(=O)Nc2ccc(F)cc2Nc2ccc(I)cc2F)CC1. The molecule has 1 fully saturated rings. The molecule has 1 aliphatic rings. The van der Waals surface area contributed by atoms with E-state index < -0.39 is 21.8 Å². The lowest BCUT2D eigenvalue weighted by atomic mass is 10.1. The van der Waals surface area contributed by atoms with Gasteiger partial charge in [-0.1, -0.05) is 0 Å². The van der Waals surface area contributed by atoms with Gasteiger partial charge in [0.25, 0.3) is 0 Å². The van der Waals surface area contributed by atoms with Gasteiger partial charge in [0.2, 0.25) is 0 Å². The minimum Gasteiger partial charge on any atom is -0.351 e. The molecule has 0 radical (unpaired) electrons. The van der Waals surface area contributed by atoms with Crippen LogP contribution in [0, 0.1) is 15.2 Å². The van der Waals surface area contributed by atoms with Crippen LogP contribution in [0.25, 0.3) is 0 Å². The third-order valence-corrected chi connectivity index (χ3v) is 6.82. The summed E-state index contributed by atoms with van der Waals surface area (Å²) in [5, 5.41) is 5.92. The minimum absolute atomic E-state index is 0.126. The molecule has 0 aliphatic carbocycles. The average molecular weight is 522 g/mol. The van der Waals surface area contributed by atoms with E-state index in [1.54, 1.807) is 6.07 Å². The zero-order chi connectivity index (χ0) is 20.3.